The van der Waals surface area contributed by atoms with Crippen LogP contribution in [0.3, 0.4) is 0 Å². The molecule has 1 aromatic heterocycles. The van der Waals surface area contributed by atoms with E-state index in [0.717, 1.165) is 18.1 Å². The van der Waals surface area contributed by atoms with Crippen LogP contribution in [0.15, 0.2) is 17.3 Å². The van der Waals surface area contributed by atoms with E-state index in [0.29, 0.717) is 18.2 Å². The van der Waals surface area contributed by atoms with E-state index in [1.807, 2.05) is 13.0 Å². The summed E-state index contributed by atoms with van der Waals surface area (Å²) < 4.78 is 5.14. The summed E-state index contributed by atoms with van der Waals surface area (Å²) in [5, 5.41) is 11.8. The molecule has 0 unspecified atom stereocenters. The minimum Gasteiger partial charge on any atom is -0.409 e. The van der Waals surface area contributed by atoms with Crippen molar-refractivity contribution in [2.24, 2.45) is 10.9 Å². The second kappa shape index (κ2) is 5.88. The van der Waals surface area contributed by atoms with Crippen molar-refractivity contribution in [3.63, 3.8) is 0 Å². The molecule has 1 saturated carbocycles. The molecule has 0 radical (unpaired) electrons. The van der Waals surface area contributed by atoms with Gasteiger partial charge in [0.15, 0.2) is 5.84 Å². The van der Waals surface area contributed by atoms with E-state index < -0.39 is 0 Å². The summed E-state index contributed by atoms with van der Waals surface area (Å²) in [6.07, 6.45) is 2.36. The normalized spacial score (nSPS) is 15.6. The Kier molecular flexibility index (Phi) is 4.21. The number of amidine groups is 1. The lowest BCUT2D eigenvalue weighted by Gasteiger charge is -2.24. The minimum absolute atomic E-state index is 0.106. The average Bonchev–Trinajstić information content (AvgIpc) is 3.22. The molecular weight excluding hydrogens is 244 g/mol. The Bertz CT molecular complexity index is 472. The van der Waals surface area contributed by atoms with E-state index in [1.54, 1.807) is 13.2 Å². The van der Waals surface area contributed by atoms with Gasteiger partial charge in [-0.2, -0.15) is 0 Å². The van der Waals surface area contributed by atoms with E-state index in [-0.39, 0.29) is 5.84 Å². The Morgan fingerprint density at radius 2 is 2.32 bits per heavy atom. The highest BCUT2D eigenvalue weighted by molar-refractivity contribution is 5.97. The Morgan fingerprint density at radius 1 is 1.58 bits per heavy atom. The Labute approximate surface area is 112 Å². The van der Waals surface area contributed by atoms with Crippen LogP contribution in [0.25, 0.3) is 0 Å². The first-order valence-corrected chi connectivity index (χ1v) is 6.38. The van der Waals surface area contributed by atoms with Crippen molar-refractivity contribution >= 4 is 11.7 Å². The number of aryl methyl sites for hydroxylation is 1. The second-order valence-corrected chi connectivity index (χ2v) is 4.76. The lowest BCUT2D eigenvalue weighted by molar-refractivity contribution is 0.204. The summed E-state index contributed by atoms with van der Waals surface area (Å²) in [5.74, 6) is 0.968. The molecule has 1 aliphatic rings. The van der Waals surface area contributed by atoms with Gasteiger partial charge in [-0.1, -0.05) is 5.16 Å². The largest absolute Gasteiger partial charge is 0.409 e. The summed E-state index contributed by atoms with van der Waals surface area (Å²) in [6.45, 7) is 3.36. The van der Waals surface area contributed by atoms with Gasteiger partial charge in [0.05, 0.1) is 6.61 Å². The molecule has 1 heterocycles. The summed E-state index contributed by atoms with van der Waals surface area (Å²) in [5.41, 5.74) is 7.19. The Balaban J connectivity index is 2.28. The van der Waals surface area contributed by atoms with Gasteiger partial charge in [-0.25, -0.2) is 4.98 Å². The third kappa shape index (κ3) is 3.35. The van der Waals surface area contributed by atoms with Gasteiger partial charge in [0.25, 0.3) is 0 Å². The third-order valence-corrected chi connectivity index (χ3v) is 3.16. The predicted octanol–water partition coefficient (Wildman–Crippen LogP) is 1.10. The molecule has 0 atom stereocenters. The van der Waals surface area contributed by atoms with Crippen LogP contribution in [0, 0.1) is 6.92 Å². The summed E-state index contributed by atoms with van der Waals surface area (Å²) >= 11 is 0. The first kappa shape index (κ1) is 13.6. The molecule has 6 heteroatoms. The van der Waals surface area contributed by atoms with Crippen molar-refractivity contribution in [1.29, 1.82) is 0 Å². The standard InChI is InChI=1S/C13H20N4O2/c1-9-7-10(13(14)16-18)8-12(15-9)17(5-6-19-2)11-3-4-11/h7-8,11,18H,3-6H2,1-2H3,(H2,14,16). The smallest absolute Gasteiger partial charge is 0.170 e. The van der Waals surface area contributed by atoms with E-state index in [9.17, 15) is 0 Å². The molecule has 0 amide bonds. The van der Waals surface area contributed by atoms with Crippen molar-refractivity contribution < 1.29 is 9.94 Å². The van der Waals surface area contributed by atoms with E-state index in [2.05, 4.69) is 15.0 Å². The fraction of sp³-hybridized carbons (Fsp3) is 0.538. The highest BCUT2D eigenvalue weighted by Crippen LogP contribution is 2.31. The first-order chi connectivity index (χ1) is 9.15. The minimum atomic E-state index is 0.106. The van der Waals surface area contributed by atoms with Crippen molar-refractivity contribution in [3.05, 3.63) is 23.4 Å². The average molecular weight is 264 g/mol. The van der Waals surface area contributed by atoms with Crippen LogP contribution >= 0.6 is 0 Å². The molecule has 0 aromatic carbocycles. The topological polar surface area (TPSA) is 84.0 Å². The number of nitrogens with two attached hydrogens (primary N) is 1. The maximum Gasteiger partial charge on any atom is 0.170 e. The van der Waals surface area contributed by atoms with Gasteiger partial charge in [0, 0.05) is 31.0 Å². The lowest BCUT2D eigenvalue weighted by atomic mass is 10.2. The maximum atomic E-state index is 8.78. The van der Waals surface area contributed by atoms with Gasteiger partial charge in [0.1, 0.15) is 5.82 Å². The zero-order valence-corrected chi connectivity index (χ0v) is 11.3. The van der Waals surface area contributed by atoms with Gasteiger partial charge in [-0.15, -0.1) is 0 Å². The maximum absolute atomic E-state index is 8.78. The number of aromatic nitrogens is 1. The molecule has 104 valence electrons. The molecule has 2 rings (SSSR count). The number of hydrogen-bond acceptors (Lipinski definition) is 5. The highest BCUT2D eigenvalue weighted by atomic mass is 16.5. The monoisotopic (exact) mass is 264 g/mol. The van der Waals surface area contributed by atoms with Gasteiger partial charge in [-0.3, -0.25) is 0 Å². The Morgan fingerprint density at radius 3 is 2.89 bits per heavy atom. The SMILES string of the molecule is COCCN(c1cc(/C(N)=N/O)cc(C)n1)C1CC1. The van der Waals surface area contributed by atoms with E-state index in [1.165, 1.54) is 12.8 Å². The van der Waals surface area contributed by atoms with Gasteiger partial charge in [0.2, 0.25) is 0 Å². The molecule has 0 bridgehead atoms. The summed E-state index contributed by atoms with van der Waals surface area (Å²) in [4.78, 5) is 6.77. The molecule has 0 spiro atoms. The molecule has 1 aromatic rings. The number of oxime groups is 1. The van der Waals surface area contributed by atoms with E-state index >= 15 is 0 Å². The Hall–Kier alpha value is -1.82. The van der Waals surface area contributed by atoms with Gasteiger partial charge < -0.3 is 20.6 Å². The van der Waals surface area contributed by atoms with Crippen LogP contribution in [0.2, 0.25) is 0 Å². The fourth-order valence-electron chi connectivity index (χ4n) is 2.06. The summed E-state index contributed by atoms with van der Waals surface area (Å²) in [6, 6.07) is 4.19. The van der Waals surface area contributed by atoms with Gasteiger partial charge >= 0.3 is 0 Å². The first-order valence-electron chi connectivity index (χ1n) is 6.38. The zero-order valence-electron chi connectivity index (χ0n) is 11.3. The van der Waals surface area contributed by atoms with Crippen molar-refractivity contribution in [2.45, 2.75) is 25.8 Å². The number of pyridine rings is 1. The van der Waals surface area contributed by atoms with Crippen molar-refractivity contribution in [1.82, 2.24) is 4.98 Å². The third-order valence-electron chi connectivity index (χ3n) is 3.16. The molecule has 3 N–H and O–H groups in total. The van der Waals surface area contributed by atoms with Crippen LogP contribution in [-0.4, -0.2) is 42.3 Å². The molecular formula is C13H20N4O2. The number of anilines is 1. The number of rotatable bonds is 6. The quantitative estimate of drug-likeness (QED) is 0.348. The number of nitrogens with zero attached hydrogens (tertiary/aromatic N) is 3. The second-order valence-electron chi connectivity index (χ2n) is 4.76. The molecule has 0 aliphatic heterocycles. The number of hydrogen-bond donors (Lipinski definition) is 2. The van der Waals surface area contributed by atoms with Crippen molar-refractivity contribution in [3.8, 4) is 0 Å². The van der Waals surface area contributed by atoms with Crippen molar-refractivity contribution in [2.75, 3.05) is 25.2 Å². The van der Waals surface area contributed by atoms with Crippen LogP contribution in [0.1, 0.15) is 24.1 Å². The molecule has 0 saturated heterocycles. The summed E-state index contributed by atoms with van der Waals surface area (Å²) in [7, 11) is 1.69. The molecule has 19 heavy (non-hydrogen) atoms. The molecule has 1 fully saturated rings. The lowest BCUT2D eigenvalue weighted by Crippen LogP contribution is -2.30. The predicted molar refractivity (Wildman–Crippen MR) is 73.7 cm³/mol. The zero-order chi connectivity index (χ0) is 13.8. The van der Waals surface area contributed by atoms with Gasteiger partial charge in [-0.05, 0) is 31.9 Å². The molecule has 1 aliphatic carbocycles. The van der Waals surface area contributed by atoms with Crippen LogP contribution < -0.4 is 10.6 Å². The fourth-order valence-corrected chi connectivity index (χ4v) is 2.06. The highest BCUT2D eigenvalue weighted by Gasteiger charge is 2.30. The number of methoxy groups -OCH3 is 1. The van der Waals surface area contributed by atoms with Crippen LogP contribution in [0.5, 0.6) is 0 Å². The number of ether oxygens (including phenoxy) is 1. The molecule has 6 nitrogen and oxygen atoms in total. The van der Waals surface area contributed by atoms with E-state index in [4.69, 9.17) is 15.7 Å². The van der Waals surface area contributed by atoms with Crippen LogP contribution in [-0.2, 0) is 4.74 Å². The van der Waals surface area contributed by atoms with Crippen LogP contribution in [0.4, 0.5) is 5.82 Å².